The van der Waals surface area contributed by atoms with E-state index in [2.05, 4.69) is 5.32 Å². The number of benzene rings is 1. The summed E-state index contributed by atoms with van der Waals surface area (Å²) in [6, 6.07) is 5.00. The van der Waals surface area contributed by atoms with Crippen molar-refractivity contribution in [1.29, 1.82) is 0 Å². The summed E-state index contributed by atoms with van der Waals surface area (Å²) >= 11 is 0. The summed E-state index contributed by atoms with van der Waals surface area (Å²) in [7, 11) is 0. The van der Waals surface area contributed by atoms with Crippen LogP contribution < -0.4 is 5.32 Å². The normalized spacial score (nSPS) is 21.6. The minimum Gasteiger partial charge on any atom is -0.480 e. The molecule has 0 radical (unpaired) electrons. The van der Waals surface area contributed by atoms with Gasteiger partial charge >= 0.3 is 5.97 Å². The molecule has 1 aromatic carbocycles. The number of carboxylic acid groups (broad SMARTS) is 1. The van der Waals surface area contributed by atoms with E-state index >= 15 is 0 Å². The van der Waals surface area contributed by atoms with Crippen LogP contribution in [-0.2, 0) is 16.0 Å². The van der Waals surface area contributed by atoms with Crippen LogP contribution in [0.25, 0.3) is 0 Å². The Morgan fingerprint density at radius 1 is 1.33 bits per heavy atom. The number of nitro groups is 1. The molecule has 8 nitrogen and oxygen atoms in total. The highest BCUT2D eigenvalue weighted by Crippen LogP contribution is 2.33. The maximum atomic E-state index is 12.3. The average molecular weight is 375 g/mol. The van der Waals surface area contributed by atoms with Gasteiger partial charge in [-0.15, -0.1) is 0 Å². The number of nitrogens with one attached hydrogen (secondary N) is 1. The molecule has 0 heterocycles. The van der Waals surface area contributed by atoms with E-state index in [1.807, 2.05) is 4.90 Å². The molecule has 1 aromatic rings. The molecule has 27 heavy (non-hydrogen) atoms. The zero-order valence-electron chi connectivity index (χ0n) is 15.4. The van der Waals surface area contributed by atoms with E-state index in [-0.39, 0.29) is 36.6 Å². The molecule has 1 amide bonds. The average Bonchev–Trinajstić information content (AvgIpc) is 3.35. The molecule has 0 aliphatic heterocycles. The quantitative estimate of drug-likeness (QED) is 0.503. The lowest BCUT2D eigenvalue weighted by atomic mass is 9.85. The van der Waals surface area contributed by atoms with Crippen LogP contribution in [0.1, 0.15) is 36.8 Å². The number of nitro benzene ring substituents is 1. The van der Waals surface area contributed by atoms with Gasteiger partial charge in [-0.25, -0.2) is 0 Å². The predicted molar refractivity (Wildman–Crippen MR) is 98.4 cm³/mol. The van der Waals surface area contributed by atoms with Crippen LogP contribution in [0.3, 0.4) is 0 Å². The molecule has 0 spiro atoms. The number of hydrogen-bond donors (Lipinski definition) is 2. The van der Waals surface area contributed by atoms with Crippen LogP contribution in [0.15, 0.2) is 18.2 Å². The zero-order chi connectivity index (χ0) is 19.6. The fourth-order valence-electron chi connectivity index (χ4n) is 3.66. The molecule has 8 heteroatoms. The number of rotatable bonds is 9. The highest BCUT2D eigenvalue weighted by molar-refractivity contribution is 5.79. The van der Waals surface area contributed by atoms with Gasteiger partial charge in [0.1, 0.15) is 0 Å². The number of amides is 1. The van der Waals surface area contributed by atoms with Gasteiger partial charge in [0, 0.05) is 30.3 Å². The smallest absolute Gasteiger partial charge is 0.317 e. The molecule has 2 aliphatic rings. The Kier molecular flexibility index (Phi) is 5.74. The Morgan fingerprint density at radius 2 is 2.04 bits per heavy atom. The van der Waals surface area contributed by atoms with Crippen LogP contribution in [0.2, 0.25) is 0 Å². The Morgan fingerprint density at radius 3 is 2.63 bits per heavy atom. The Hall–Kier alpha value is -2.48. The van der Waals surface area contributed by atoms with Crippen molar-refractivity contribution in [2.24, 2.45) is 5.92 Å². The number of hydrogen-bond acceptors (Lipinski definition) is 5. The summed E-state index contributed by atoms with van der Waals surface area (Å²) in [4.78, 5) is 36.0. The van der Waals surface area contributed by atoms with Crippen molar-refractivity contribution in [1.82, 2.24) is 10.2 Å². The fourth-order valence-corrected chi connectivity index (χ4v) is 3.66. The first-order chi connectivity index (χ1) is 12.8. The van der Waals surface area contributed by atoms with Crippen molar-refractivity contribution >= 4 is 17.6 Å². The lowest BCUT2D eigenvalue weighted by Gasteiger charge is -2.42. The molecule has 0 unspecified atom stereocenters. The van der Waals surface area contributed by atoms with E-state index in [0.29, 0.717) is 17.0 Å². The SMILES string of the molecule is Cc1c(CC(=O)NC2CC(N(CC(=O)O)CC3CC3)C2)cccc1[N+](=O)[O-]. The maximum Gasteiger partial charge on any atom is 0.317 e. The van der Waals surface area contributed by atoms with E-state index in [4.69, 9.17) is 5.11 Å². The van der Waals surface area contributed by atoms with Crippen LogP contribution in [-0.4, -0.2) is 52.0 Å². The second-order valence-corrected chi connectivity index (χ2v) is 7.65. The lowest BCUT2D eigenvalue weighted by molar-refractivity contribution is -0.385. The van der Waals surface area contributed by atoms with Crippen molar-refractivity contribution in [3.63, 3.8) is 0 Å². The van der Waals surface area contributed by atoms with E-state index in [9.17, 15) is 19.7 Å². The zero-order valence-corrected chi connectivity index (χ0v) is 15.4. The van der Waals surface area contributed by atoms with Gasteiger partial charge in [-0.05, 0) is 44.1 Å². The van der Waals surface area contributed by atoms with Crippen molar-refractivity contribution in [3.05, 3.63) is 39.4 Å². The number of carbonyl (C=O) groups excluding carboxylic acids is 1. The Balaban J connectivity index is 1.49. The Labute approximate surface area is 157 Å². The highest BCUT2D eigenvalue weighted by atomic mass is 16.6. The van der Waals surface area contributed by atoms with Gasteiger partial charge in [-0.3, -0.25) is 24.6 Å². The van der Waals surface area contributed by atoms with Crippen molar-refractivity contribution in [2.45, 2.75) is 51.1 Å². The van der Waals surface area contributed by atoms with Gasteiger partial charge < -0.3 is 10.4 Å². The van der Waals surface area contributed by atoms with Crippen LogP contribution in [0.4, 0.5) is 5.69 Å². The number of aliphatic carboxylic acids is 1. The second-order valence-electron chi connectivity index (χ2n) is 7.65. The molecule has 2 aliphatic carbocycles. The first-order valence-corrected chi connectivity index (χ1v) is 9.31. The van der Waals surface area contributed by atoms with Crippen LogP contribution in [0, 0.1) is 23.0 Å². The first-order valence-electron chi connectivity index (χ1n) is 9.31. The van der Waals surface area contributed by atoms with Crippen molar-refractivity contribution < 1.29 is 19.6 Å². The third-order valence-corrected chi connectivity index (χ3v) is 5.49. The standard InChI is InChI=1S/C19H25N3O5/c1-12-14(3-2-4-17(12)22(26)27)7-18(23)20-15-8-16(9-15)21(11-19(24)25)10-13-5-6-13/h2-4,13,15-16H,5-11H2,1H3,(H,20,23)(H,24,25). The molecule has 2 N–H and O–H groups in total. The van der Waals surface area contributed by atoms with Gasteiger partial charge in [-0.1, -0.05) is 12.1 Å². The summed E-state index contributed by atoms with van der Waals surface area (Å²) in [5, 5.41) is 23.1. The van der Waals surface area contributed by atoms with Crippen molar-refractivity contribution in [2.75, 3.05) is 13.1 Å². The maximum absolute atomic E-state index is 12.3. The molecule has 0 atom stereocenters. The molecule has 2 fully saturated rings. The number of carbonyl (C=O) groups is 2. The third-order valence-electron chi connectivity index (χ3n) is 5.49. The first kappa shape index (κ1) is 19.3. The largest absolute Gasteiger partial charge is 0.480 e. The third kappa shape index (κ3) is 5.03. The lowest BCUT2D eigenvalue weighted by Crippen LogP contribution is -2.55. The molecule has 2 saturated carbocycles. The van der Waals surface area contributed by atoms with Gasteiger partial charge in [-0.2, -0.15) is 0 Å². The topological polar surface area (TPSA) is 113 Å². The van der Waals surface area contributed by atoms with E-state index in [0.717, 1.165) is 19.4 Å². The number of nitrogens with zero attached hydrogens (tertiary/aromatic N) is 2. The van der Waals surface area contributed by atoms with E-state index < -0.39 is 10.9 Å². The van der Waals surface area contributed by atoms with Gasteiger partial charge in [0.05, 0.1) is 17.9 Å². The number of carboxylic acids is 1. The summed E-state index contributed by atoms with van der Waals surface area (Å²) in [6.07, 6.45) is 3.95. The van der Waals surface area contributed by atoms with Gasteiger partial charge in [0.15, 0.2) is 0 Å². The molecule has 0 saturated heterocycles. The highest BCUT2D eigenvalue weighted by Gasteiger charge is 2.37. The predicted octanol–water partition coefficient (Wildman–Crippen LogP) is 1.89. The van der Waals surface area contributed by atoms with Crippen LogP contribution in [0.5, 0.6) is 0 Å². The van der Waals surface area contributed by atoms with Crippen molar-refractivity contribution in [3.8, 4) is 0 Å². The minimum absolute atomic E-state index is 0.0217. The monoisotopic (exact) mass is 375 g/mol. The van der Waals surface area contributed by atoms with Crippen LogP contribution >= 0.6 is 0 Å². The molecular weight excluding hydrogens is 350 g/mol. The van der Waals surface area contributed by atoms with E-state index in [1.54, 1.807) is 19.1 Å². The molecule has 3 rings (SSSR count). The fraction of sp³-hybridized carbons (Fsp3) is 0.579. The Bertz CT molecular complexity index is 741. The summed E-state index contributed by atoms with van der Waals surface area (Å²) in [5.74, 6) is -0.354. The second kappa shape index (κ2) is 8.04. The molecular formula is C19H25N3O5. The molecule has 0 bridgehead atoms. The molecule has 146 valence electrons. The van der Waals surface area contributed by atoms with E-state index in [1.165, 1.54) is 18.9 Å². The summed E-state index contributed by atoms with van der Waals surface area (Å²) in [5.41, 5.74) is 1.19. The minimum atomic E-state index is -0.815. The van der Waals surface area contributed by atoms with Gasteiger partial charge in [0.25, 0.3) is 5.69 Å². The summed E-state index contributed by atoms with van der Waals surface area (Å²) in [6.45, 7) is 2.53. The van der Waals surface area contributed by atoms with Gasteiger partial charge in [0.2, 0.25) is 5.91 Å². The molecule has 0 aromatic heterocycles. The summed E-state index contributed by atoms with van der Waals surface area (Å²) < 4.78 is 0.